The number of aliphatic imine (C=N–C) groups is 1. The molecule has 0 bridgehead atoms. The lowest BCUT2D eigenvalue weighted by Gasteiger charge is -2.20. The maximum Gasteiger partial charge on any atom is 0.243 e. The van der Waals surface area contributed by atoms with Gasteiger partial charge in [-0.25, -0.2) is 4.99 Å². The third kappa shape index (κ3) is 6.22. The standard InChI is InChI=1S/C16H30N4O2S/c1-20(2)15(21)11-18-16(17-10-13-5-4-8-22-13)19-12-6-7-14(9-12)23-3/h12-14H,4-11H2,1-3H3,(H2,17,18,19). The monoisotopic (exact) mass is 342 g/mol. The van der Waals surface area contributed by atoms with Crippen LogP contribution < -0.4 is 10.6 Å². The fraction of sp³-hybridized carbons (Fsp3) is 0.875. The van der Waals surface area contributed by atoms with Crippen LogP contribution in [0.2, 0.25) is 0 Å². The number of rotatable bonds is 6. The number of guanidine groups is 1. The van der Waals surface area contributed by atoms with E-state index in [9.17, 15) is 4.79 Å². The summed E-state index contributed by atoms with van der Waals surface area (Å²) < 4.78 is 5.65. The van der Waals surface area contributed by atoms with Gasteiger partial charge in [0.2, 0.25) is 5.91 Å². The molecule has 1 heterocycles. The summed E-state index contributed by atoms with van der Waals surface area (Å²) in [5.74, 6) is 0.749. The van der Waals surface area contributed by atoms with Crippen LogP contribution in [0.1, 0.15) is 32.1 Å². The first-order valence-corrected chi connectivity index (χ1v) is 9.76. The molecule has 3 atom stereocenters. The Labute approximate surface area is 143 Å². The summed E-state index contributed by atoms with van der Waals surface area (Å²) in [6, 6.07) is 0.442. The molecule has 2 aliphatic rings. The predicted octanol–water partition coefficient (Wildman–Crippen LogP) is 1.07. The van der Waals surface area contributed by atoms with E-state index in [1.807, 2.05) is 11.8 Å². The van der Waals surface area contributed by atoms with Crippen molar-refractivity contribution in [2.24, 2.45) is 4.99 Å². The van der Waals surface area contributed by atoms with Crippen molar-refractivity contribution in [3.05, 3.63) is 0 Å². The van der Waals surface area contributed by atoms with Gasteiger partial charge in [-0.15, -0.1) is 0 Å². The molecule has 1 aliphatic heterocycles. The third-order valence-corrected chi connectivity index (χ3v) is 5.55. The maximum absolute atomic E-state index is 11.8. The summed E-state index contributed by atoms with van der Waals surface area (Å²) in [7, 11) is 3.51. The molecule has 2 fully saturated rings. The molecule has 0 radical (unpaired) electrons. The largest absolute Gasteiger partial charge is 0.376 e. The highest BCUT2D eigenvalue weighted by Crippen LogP contribution is 2.28. The van der Waals surface area contributed by atoms with Gasteiger partial charge < -0.3 is 20.3 Å². The fourth-order valence-corrected chi connectivity index (χ4v) is 3.73. The van der Waals surface area contributed by atoms with Crippen molar-refractivity contribution in [3.63, 3.8) is 0 Å². The van der Waals surface area contributed by atoms with Gasteiger partial charge in [0.05, 0.1) is 6.10 Å². The van der Waals surface area contributed by atoms with Gasteiger partial charge in [-0.3, -0.25) is 4.79 Å². The molecule has 1 saturated carbocycles. The third-order valence-electron chi connectivity index (χ3n) is 4.45. The van der Waals surface area contributed by atoms with Crippen LogP contribution in [-0.4, -0.2) is 74.2 Å². The molecule has 1 amide bonds. The minimum atomic E-state index is 0.0108. The van der Waals surface area contributed by atoms with Crippen molar-refractivity contribution >= 4 is 23.6 Å². The average molecular weight is 343 g/mol. The number of amides is 1. The van der Waals surface area contributed by atoms with E-state index in [4.69, 9.17) is 4.74 Å². The quantitative estimate of drug-likeness (QED) is 0.558. The van der Waals surface area contributed by atoms with Crippen LogP contribution in [0, 0.1) is 0 Å². The zero-order valence-electron chi connectivity index (χ0n) is 14.5. The number of thioether (sulfide) groups is 1. The van der Waals surface area contributed by atoms with E-state index in [0.717, 1.165) is 50.0 Å². The van der Waals surface area contributed by atoms with Gasteiger partial charge in [-0.05, 0) is 38.4 Å². The Hall–Kier alpha value is -0.950. The van der Waals surface area contributed by atoms with Crippen LogP contribution in [0.25, 0.3) is 0 Å². The molecule has 1 saturated heterocycles. The molecule has 23 heavy (non-hydrogen) atoms. The molecule has 132 valence electrons. The minimum Gasteiger partial charge on any atom is -0.376 e. The van der Waals surface area contributed by atoms with E-state index in [1.165, 1.54) is 6.42 Å². The molecule has 0 spiro atoms. The first-order valence-electron chi connectivity index (χ1n) is 8.48. The first kappa shape index (κ1) is 18.4. The number of ether oxygens (including phenoxy) is 1. The summed E-state index contributed by atoms with van der Waals surface area (Å²) in [6.45, 7) is 1.77. The molecular formula is C16H30N4O2S. The Morgan fingerprint density at radius 3 is 2.78 bits per heavy atom. The lowest BCUT2D eigenvalue weighted by atomic mass is 10.2. The Kier molecular flexibility index (Phi) is 7.49. The van der Waals surface area contributed by atoms with Gasteiger partial charge in [-0.2, -0.15) is 11.8 Å². The molecule has 2 rings (SSSR count). The highest BCUT2D eigenvalue weighted by atomic mass is 32.2. The Morgan fingerprint density at radius 2 is 2.17 bits per heavy atom. The molecule has 0 aromatic heterocycles. The topological polar surface area (TPSA) is 66.0 Å². The highest BCUT2D eigenvalue weighted by molar-refractivity contribution is 7.99. The number of carbonyl (C=O) groups excluding carboxylic acids is 1. The number of hydrogen-bond acceptors (Lipinski definition) is 4. The lowest BCUT2D eigenvalue weighted by Crippen LogP contribution is -2.45. The Balaban J connectivity index is 1.87. The summed E-state index contributed by atoms with van der Waals surface area (Å²) in [5.41, 5.74) is 0. The molecule has 7 heteroatoms. The summed E-state index contributed by atoms with van der Waals surface area (Å²) in [4.78, 5) is 17.8. The molecule has 3 unspecified atom stereocenters. The van der Waals surface area contributed by atoms with Crippen LogP contribution in [0.4, 0.5) is 0 Å². The van der Waals surface area contributed by atoms with Crippen LogP contribution in [-0.2, 0) is 9.53 Å². The van der Waals surface area contributed by atoms with E-state index in [0.29, 0.717) is 6.04 Å². The molecule has 0 aromatic carbocycles. The van der Waals surface area contributed by atoms with Crippen molar-refractivity contribution in [3.8, 4) is 0 Å². The van der Waals surface area contributed by atoms with E-state index < -0.39 is 0 Å². The van der Waals surface area contributed by atoms with Crippen molar-refractivity contribution in [2.75, 3.05) is 40.0 Å². The number of nitrogens with one attached hydrogen (secondary N) is 2. The van der Waals surface area contributed by atoms with Crippen LogP contribution in [0.5, 0.6) is 0 Å². The van der Waals surface area contributed by atoms with Crippen LogP contribution >= 0.6 is 11.8 Å². The number of nitrogens with zero attached hydrogens (tertiary/aromatic N) is 2. The predicted molar refractivity (Wildman–Crippen MR) is 96.1 cm³/mol. The van der Waals surface area contributed by atoms with Gasteiger partial charge >= 0.3 is 0 Å². The molecular weight excluding hydrogens is 312 g/mol. The summed E-state index contributed by atoms with van der Waals surface area (Å²) in [6.07, 6.45) is 8.21. The van der Waals surface area contributed by atoms with E-state index >= 15 is 0 Å². The zero-order valence-corrected chi connectivity index (χ0v) is 15.3. The van der Waals surface area contributed by atoms with Crippen molar-refractivity contribution in [1.29, 1.82) is 0 Å². The van der Waals surface area contributed by atoms with Gasteiger partial charge in [0.15, 0.2) is 5.96 Å². The van der Waals surface area contributed by atoms with Crippen LogP contribution in [0.3, 0.4) is 0 Å². The number of hydrogen-bond donors (Lipinski definition) is 2. The Morgan fingerprint density at radius 1 is 1.35 bits per heavy atom. The summed E-state index contributed by atoms with van der Waals surface area (Å²) in [5, 5.41) is 7.58. The average Bonchev–Trinajstić information content (AvgIpc) is 3.20. The number of carbonyl (C=O) groups is 1. The number of likely N-dealkylation sites (N-methyl/N-ethyl adjacent to an activating group) is 1. The van der Waals surface area contributed by atoms with Gasteiger partial charge in [0.25, 0.3) is 0 Å². The first-order chi connectivity index (χ1) is 11.1. The highest BCUT2D eigenvalue weighted by Gasteiger charge is 2.25. The molecule has 2 N–H and O–H groups in total. The second-order valence-electron chi connectivity index (χ2n) is 6.48. The van der Waals surface area contributed by atoms with E-state index in [2.05, 4.69) is 21.9 Å². The van der Waals surface area contributed by atoms with E-state index in [1.54, 1.807) is 19.0 Å². The van der Waals surface area contributed by atoms with E-state index in [-0.39, 0.29) is 18.6 Å². The zero-order chi connectivity index (χ0) is 16.7. The smallest absolute Gasteiger partial charge is 0.243 e. The molecule has 0 aromatic rings. The van der Waals surface area contributed by atoms with Crippen molar-refractivity contribution in [2.45, 2.75) is 49.5 Å². The fourth-order valence-electron chi connectivity index (χ4n) is 2.94. The SMILES string of the molecule is CSC1CCC(NC(=NCC(=O)N(C)C)NCC2CCCO2)C1. The van der Waals surface area contributed by atoms with Crippen molar-refractivity contribution in [1.82, 2.24) is 15.5 Å². The van der Waals surface area contributed by atoms with Crippen molar-refractivity contribution < 1.29 is 9.53 Å². The molecule has 1 aliphatic carbocycles. The second-order valence-corrected chi connectivity index (χ2v) is 7.62. The molecule has 6 nitrogen and oxygen atoms in total. The van der Waals surface area contributed by atoms with Gasteiger partial charge in [-0.1, -0.05) is 0 Å². The van der Waals surface area contributed by atoms with Gasteiger partial charge in [0, 0.05) is 38.5 Å². The minimum absolute atomic E-state index is 0.0108. The normalized spacial score (nSPS) is 28.0. The summed E-state index contributed by atoms with van der Waals surface area (Å²) >= 11 is 1.94. The van der Waals surface area contributed by atoms with Gasteiger partial charge in [0.1, 0.15) is 6.54 Å². The Bertz CT molecular complexity index is 411. The second kappa shape index (κ2) is 9.37. The maximum atomic E-state index is 11.8. The lowest BCUT2D eigenvalue weighted by molar-refractivity contribution is -0.127. The van der Waals surface area contributed by atoms with Crippen LogP contribution in [0.15, 0.2) is 4.99 Å².